The summed E-state index contributed by atoms with van der Waals surface area (Å²) in [5, 5.41) is 11.3. The number of fused-ring (bicyclic) bond motifs is 2. The van der Waals surface area contributed by atoms with E-state index in [1.165, 1.54) is 0 Å². The molecule has 0 atom stereocenters. The molecule has 0 radical (unpaired) electrons. The number of H-pyrrole nitrogens is 2. The Hall–Kier alpha value is -4.90. The van der Waals surface area contributed by atoms with Crippen molar-refractivity contribution < 1.29 is 9.53 Å². The zero-order chi connectivity index (χ0) is 26.2. The van der Waals surface area contributed by atoms with Gasteiger partial charge in [0, 0.05) is 60.3 Å². The third kappa shape index (κ3) is 4.42. The van der Waals surface area contributed by atoms with Crippen molar-refractivity contribution >= 4 is 28.3 Å². The minimum absolute atomic E-state index is 0.162. The minimum Gasteiger partial charge on any atom is -0.378 e. The van der Waals surface area contributed by atoms with Gasteiger partial charge in [-0.2, -0.15) is 5.10 Å². The maximum atomic E-state index is 12.6. The number of allylic oxidation sites excluding steroid dienone is 1. The molecular weight excluding hydrogens is 494 g/mol. The van der Waals surface area contributed by atoms with Crippen LogP contribution in [0.2, 0.25) is 0 Å². The molecule has 39 heavy (non-hydrogen) atoms. The van der Waals surface area contributed by atoms with Crippen molar-refractivity contribution in [1.29, 1.82) is 0 Å². The van der Waals surface area contributed by atoms with Gasteiger partial charge in [-0.1, -0.05) is 6.08 Å². The van der Waals surface area contributed by atoms with Crippen molar-refractivity contribution in [1.82, 2.24) is 40.0 Å². The van der Waals surface area contributed by atoms with Crippen LogP contribution in [0.15, 0.2) is 61.3 Å². The van der Waals surface area contributed by atoms with Crippen molar-refractivity contribution in [2.45, 2.75) is 12.8 Å². The summed E-state index contributed by atoms with van der Waals surface area (Å²) in [4.78, 5) is 35.9. The first kappa shape index (κ1) is 23.2. The lowest BCUT2D eigenvalue weighted by atomic mass is 9.95. The first-order chi connectivity index (χ1) is 19.2. The van der Waals surface area contributed by atoms with Crippen LogP contribution in [0.25, 0.3) is 39.3 Å². The van der Waals surface area contributed by atoms with E-state index in [0.717, 1.165) is 57.6 Å². The second-order valence-electron chi connectivity index (χ2n) is 9.49. The van der Waals surface area contributed by atoms with Gasteiger partial charge in [0.2, 0.25) is 0 Å². The van der Waals surface area contributed by atoms with Crippen LogP contribution < -0.4 is 5.32 Å². The molecule has 0 bridgehead atoms. The van der Waals surface area contributed by atoms with E-state index >= 15 is 0 Å². The molecule has 0 spiro atoms. The van der Waals surface area contributed by atoms with Gasteiger partial charge >= 0.3 is 6.03 Å². The van der Waals surface area contributed by atoms with Gasteiger partial charge in [0.05, 0.1) is 36.2 Å². The number of anilines is 1. The molecule has 1 saturated heterocycles. The molecule has 2 aliphatic rings. The molecule has 3 N–H and O–H groups in total. The van der Waals surface area contributed by atoms with E-state index in [0.29, 0.717) is 43.5 Å². The van der Waals surface area contributed by atoms with E-state index in [1.54, 1.807) is 35.9 Å². The van der Waals surface area contributed by atoms with Crippen LogP contribution in [-0.4, -0.2) is 72.4 Å². The first-order valence-corrected chi connectivity index (χ1v) is 12.9. The zero-order valence-electron chi connectivity index (χ0n) is 21.0. The fourth-order valence-electron chi connectivity index (χ4n) is 5.05. The van der Waals surface area contributed by atoms with Crippen LogP contribution in [-0.2, 0) is 11.2 Å². The second-order valence-corrected chi connectivity index (χ2v) is 9.49. The third-order valence-corrected chi connectivity index (χ3v) is 7.04. The number of hydrogen-bond donors (Lipinski definition) is 3. The van der Waals surface area contributed by atoms with Crippen molar-refractivity contribution in [3.8, 4) is 22.6 Å². The zero-order valence-corrected chi connectivity index (χ0v) is 21.0. The number of hydrogen-bond acceptors (Lipinski definition) is 7. The van der Waals surface area contributed by atoms with Gasteiger partial charge < -0.3 is 19.9 Å². The number of carbonyl (C=O) groups excluding carboxylic acids is 1. The summed E-state index contributed by atoms with van der Waals surface area (Å²) < 4.78 is 5.34. The number of aromatic nitrogens is 7. The Balaban J connectivity index is 1.20. The van der Waals surface area contributed by atoms with Crippen molar-refractivity contribution in [3.63, 3.8) is 0 Å². The summed E-state index contributed by atoms with van der Waals surface area (Å²) in [7, 11) is 0. The summed E-state index contributed by atoms with van der Waals surface area (Å²) in [6, 6.07) is 7.76. The Kier molecular flexibility index (Phi) is 5.82. The number of amides is 2. The number of rotatable bonds is 4. The van der Waals surface area contributed by atoms with Crippen molar-refractivity contribution in [2.75, 3.05) is 31.6 Å². The fourth-order valence-corrected chi connectivity index (χ4v) is 5.05. The lowest BCUT2D eigenvalue weighted by Crippen LogP contribution is -2.43. The van der Waals surface area contributed by atoms with Gasteiger partial charge in [-0.3, -0.25) is 15.1 Å². The highest BCUT2D eigenvalue weighted by Gasteiger charge is 2.22. The molecule has 1 aliphatic heterocycles. The molecular formula is C28H25N9O2. The fraction of sp³-hybridized carbons (Fsp3) is 0.214. The number of carbonyl (C=O) groups is 1. The number of imidazole rings is 1. The van der Waals surface area contributed by atoms with Gasteiger partial charge in [-0.25, -0.2) is 14.8 Å². The van der Waals surface area contributed by atoms with E-state index < -0.39 is 0 Å². The molecule has 6 heterocycles. The van der Waals surface area contributed by atoms with Gasteiger partial charge in [0.1, 0.15) is 5.69 Å². The van der Waals surface area contributed by atoms with Crippen LogP contribution in [0.4, 0.5) is 10.5 Å². The summed E-state index contributed by atoms with van der Waals surface area (Å²) in [6.45, 7) is 2.23. The summed E-state index contributed by atoms with van der Waals surface area (Å²) in [6.07, 6.45) is 12.8. The lowest BCUT2D eigenvalue weighted by Gasteiger charge is -2.26. The van der Waals surface area contributed by atoms with Crippen LogP contribution in [0.1, 0.15) is 23.4 Å². The number of nitrogens with one attached hydrogen (secondary N) is 3. The number of pyridine rings is 3. The molecule has 11 heteroatoms. The predicted octanol–water partition coefficient (Wildman–Crippen LogP) is 4.05. The maximum Gasteiger partial charge on any atom is 0.322 e. The lowest BCUT2D eigenvalue weighted by molar-refractivity contribution is 0.0564. The van der Waals surface area contributed by atoms with E-state index in [9.17, 15) is 4.79 Å². The van der Waals surface area contributed by atoms with Crippen LogP contribution >= 0.6 is 0 Å². The molecule has 194 valence electrons. The first-order valence-electron chi connectivity index (χ1n) is 12.9. The monoisotopic (exact) mass is 519 g/mol. The number of aromatic amines is 2. The average molecular weight is 520 g/mol. The number of aryl methyl sites for hydroxylation is 1. The van der Waals surface area contributed by atoms with Gasteiger partial charge in [-0.05, 0) is 42.7 Å². The highest BCUT2D eigenvalue weighted by molar-refractivity contribution is 5.93. The Labute approximate surface area is 223 Å². The van der Waals surface area contributed by atoms with E-state index in [2.05, 4.69) is 41.5 Å². The third-order valence-electron chi connectivity index (χ3n) is 7.04. The number of nitrogens with zero attached hydrogens (tertiary/aromatic N) is 6. The maximum absolute atomic E-state index is 12.6. The normalized spacial score (nSPS) is 15.2. The average Bonchev–Trinajstić information content (AvgIpc) is 3.62. The highest BCUT2D eigenvalue weighted by atomic mass is 16.5. The molecule has 0 aromatic carbocycles. The van der Waals surface area contributed by atoms with Crippen LogP contribution in [0, 0.1) is 0 Å². The topological polar surface area (TPSA) is 138 Å². The van der Waals surface area contributed by atoms with E-state index in [1.807, 2.05) is 24.3 Å². The second kappa shape index (κ2) is 9.76. The molecule has 1 aliphatic carbocycles. The molecule has 11 nitrogen and oxygen atoms in total. The molecule has 1 fully saturated rings. The molecule has 5 aromatic rings. The van der Waals surface area contributed by atoms with Gasteiger partial charge in [-0.15, -0.1) is 0 Å². The molecule has 5 aromatic heterocycles. The van der Waals surface area contributed by atoms with E-state index in [4.69, 9.17) is 9.72 Å². The minimum atomic E-state index is -0.162. The molecule has 2 amide bonds. The smallest absolute Gasteiger partial charge is 0.322 e. The molecule has 0 saturated carbocycles. The largest absolute Gasteiger partial charge is 0.378 e. The Bertz CT molecular complexity index is 1700. The van der Waals surface area contributed by atoms with Gasteiger partial charge in [0.25, 0.3) is 0 Å². The number of urea groups is 1. The number of ether oxygens (including phenoxy) is 1. The van der Waals surface area contributed by atoms with E-state index in [-0.39, 0.29) is 6.03 Å². The summed E-state index contributed by atoms with van der Waals surface area (Å²) in [5.41, 5.74) is 7.91. The Morgan fingerprint density at radius 1 is 1.00 bits per heavy atom. The van der Waals surface area contributed by atoms with Crippen molar-refractivity contribution in [2.24, 2.45) is 0 Å². The quantitative estimate of drug-likeness (QED) is 0.326. The van der Waals surface area contributed by atoms with Gasteiger partial charge in [0.15, 0.2) is 11.5 Å². The summed E-state index contributed by atoms with van der Waals surface area (Å²) >= 11 is 0. The van der Waals surface area contributed by atoms with Crippen LogP contribution in [0.5, 0.6) is 0 Å². The molecule has 0 unspecified atom stereocenters. The molecule has 7 rings (SSSR count). The van der Waals surface area contributed by atoms with Crippen molar-refractivity contribution in [3.05, 3.63) is 78.3 Å². The Morgan fingerprint density at radius 3 is 2.72 bits per heavy atom. The summed E-state index contributed by atoms with van der Waals surface area (Å²) in [5.74, 6) is 0.716. The SMILES string of the molecule is O=C(Nc1cncc(-c2cnc3n[nH]c(-c4nc5c([nH]4)CCC=C5c4ccncc4)c3c2)c1)N1CCOCC1. The Morgan fingerprint density at radius 2 is 1.85 bits per heavy atom. The predicted molar refractivity (Wildman–Crippen MR) is 146 cm³/mol. The highest BCUT2D eigenvalue weighted by Crippen LogP contribution is 2.34. The number of morpholine rings is 1. The van der Waals surface area contributed by atoms with Crippen LogP contribution in [0.3, 0.4) is 0 Å². The standard InChI is InChI=1S/C28H25N9O2/c38-28(37-8-10-39-11-9-37)32-20-12-18(14-30-16-20)19-13-22-25(35-36-26(22)31-15-19)27-33-23-3-1-2-21(24(23)34-27)17-4-6-29-7-5-17/h2,4-7,12-16H,1,3,8-11H2,(H,32,38)(H,33,34)(H,31,35,36).